The molecule has 10 rings (SSSR count). The Morgan fingerprint density at radius 2 is 1.35 bits per heavy atom. The second-order valence-corrected chi connectivity index (χ2v) is 12.3. The topological polar surface area (TPSA) is 17.6 Å². The van der Waals surface area contributed by atoms with Gasteiger partial charge in [0.25, 0.3) is 5.82 Å². The Morgan fingerprint density at radius 1 is 0.622 bits per heavy atom. The smallest absolute Gasteiger partial charge is 0.190 e. The number of benzene rings is 3. The molecule has 0 radical (unpaired) electrons. The summed E-state index contributed by atoms with van der Waals surface area (Å²) in [5, 5.41) is 2.72. The molecule has 1 spiro atoms. The number of rotatable bonds is 0. The number of para-hydroxylation sites is 1. The van der Waals surface area contributed by atoms with Crippen LogP contribution < -0.4 is 9.25 Å². The van der Waals surface area contributed by atoms with E-state index in [-0.39, 0.29) is 10.8 Å². The molecule has 4 nitrogen and oxygen atoms in total. The van der Waals surface area contributed by atoms with Crippen LogP contribution in [0.25, 0.3) is 33.3 Å². The Kier molecular flexibility index (Phi) is 2.70. The normalized spacial score (nSPS) is 21.5. The lowest BCUT2D eigenvalue weighted by molar-refractivity contribution is -0.993. The Balaban J connectivity index is 1.62. The summed E-state index contributed by atoms with van der Waals surface area (Å²) in [5.41, 5.74) is 11.8. The van der Waals surface area contributed by atoms with Crippen molar-refractivity contribution in [3.8, 4) is 11.5 Å². The molecule has 3 aromatic heterocycles. The van der Waals surface area contributed by atoms with Crippen LogP contribution in [0.1, 0.15) is 61.1 Å². The third-order valence-electron chi connectivity index (χ3n) is 10.2. The van der Waals surface area contributed by atoms with Crippen molar-refractivity contribution in [1.29, 1.82) is 0 Å². The van der Waals surface area contributed by atoms with Crippen molar-refractivity contribution in [3.05, 3.63) is 119 Å². The Morgan fingerprint density at radius 3 is 2.24 bits per heavy atom. The highest BCUT2D eigenvalue weighted by molar-refractivity contribution is 6.13. The summed E-state index contributed by atoms with van der Waals surface area (Å²) < 4.78 is 10.1. The average molecular weight is 479 g/mol. The molecular weight excluding hydrogens is 452 g/mol. The van der Waals surface area contributed by atoms with E-state index in [1.807, 2.05) is 0 Å². The number of aromatic nitrogens is 4. The number of hydrogen-bond donors (Lipinski definition) is 0. The van der Waals surface area contributed by atoms with E-state index in [1.165, 1.54) is 66.7 Å². The van der Waals surface area contributed by atoms with E-state index >= 15 is 0 Å². The molecule has 0 fully saturated rings. The van der Waals surface area contributed by atoms with Gasteiger partial charge in [0.15, 0.2) is 5.52 Å². The van der Waals surface area contributed by atoms with Crippen molar-refractivity contribution >= 4 is 21.8 Å². The maximum absolute atomic E-state index is 2.61. The minimum absolute atomic E-state index is 0.110. The summed E-state index contributed by atoms with van der Waals surface area (Å²) in [6, 6.07) is 25.5. The van der Waals surface area contributed by atoms with Crippen molar-refractivity contribution in [2.45, 2.75) is 44.2 Å². The van der Waals surface area contributed by atoms with Gasteiger partial charge >= 0.3 is 5.66 Å². The van der Waals surface area contributed by atoms with E-state index in [0.717, 1.165) is 0 Å². The Bertz CT molecular complexity index is 2100. The van der Waals surface area contributed by atoms with Gasteiger partial charge in [0, 0.05) is 33.2 Å². The van der Waals surface area contributed by atoms with Crippen molar-refractivity contribution < 1.29 is 9.25 Å². The second kappa shape index (κ2) is 5.26. The van der Waals surface area contributed by atoms with Gasteiger partial charge in [-0.2, -0.15) is 9.13 Å². The van der Waals surface area contributed by atoms with E-state index in [9.17, 15) is 0 Å². The van der Waals surface area contributed by atoms with E-state index in [2.05, 4.69) is 132 Å². The first-order chi connectivity index (χ1) is 17.9. The fraction of sp³-hybridized carbons (Fsp3) is 0.212. The molecule has 1 aliphatic carbocycles. The molecule has 6 aromatic rings. The third kappa shape index (κ3) is 1.60. The predicted octanol–water partition coefficient (Wildman–Crippen LogP) is 5.35. The summed E-state index contributed by atoms with van der Waals surface area (Å²) in [5.74, 6) is 1.30. The number of hydrogen-bond acceptors (Lipinski definition) is 0. The monoisotopic (exact) mass is 478 g/mol. The lowest BCUT2D eigenvalue weighted by atomic mass is 9.63. The minimum atomic E-state index is -0.483. The highest BCUT2D eigenvalue weighted by atomic mass is 15.5. The van der Waals surface area contributed by atoms with Gasteiger partial charge in [0.1, 0.15) is 22.3 Å². The molecule has 6 heterocycles. The first kappa shape index (κ1) is 19.0. The van der Waals surface area contributed by atoms with Gasteiger partial charge in [-0.05, 0) is 41.5 Å². The van der Waals surface area contributed by atoms with Crippen LogP contribution in [0, 0.1) is 0 Å². The van der Waals surface area contributed by atoms with Crippen molar-refractivity contribution in [2.24, 2.45) is 0 Å². The molecule has 37 heavy (non-hydrogen) atoms. The molecule has 0 saturated heterocycles. The van der Waals surface area contributed by atoms with Crippen molar-refractivity contribution in [3.63, 3.8) is 0 Å². The van der Waals surface area contributed by atoms with E-state index < -0.39 is 5.66 Å². The highest BCUT2D eigenvalue weighted by Gasteiger charge is 2.70. The molecule has 0 N–H and O–H groups in total. The lowest BCUT2D eigenvalue weighted by Gasteiger charge is -2.42. The van der Waals surface area contributed by atoms with Crippen LogP contribution in [0.3, 0.4) is 0 Å². The SMILES string of the molecule is CC1(C)c2cccc3c2C2(c4c1ccc1c5cccc6c5n(c41)-c1c(ccc[n+]12)C6(C)C)[n+]1cccn1-3. The average Bonchev–Trinajstić information content (AvgIpc) is 3.58. The fourth-order valence-electron chi connectivity index (χ4n) is 8.64. The van der Waals surface area contributed by atoms with Crippen LogP contribution in [0.4, 0.5) is 0 Å². The molecule has 3 aromatic carbocycles. The second-order valence-electron chi connectivity index (χ2n) is 12.3. The summed E-state index contributed by atoms with van der Waals surface area (Å²) in [6.07, 6.45) is 6.82. The first-order valence-corrected chi connectivity index (χ1v) is 13.3. The van der Waals surface area contributed by atoms with E-state index in [0.29, 0.717) is 0 Å². The number of pyridine rings is 1. The van der Waals surface area contributed by atoms with Gasteiger partial charge in [-0.1, -0.05) is 62.7 Å². The number of fused-ring (bicyclic) bond motifs is 3. The van der Waals surface area contributed by atoms with Crippen LogP contribution in [0.5, 0.6) is 0 Å². The molecule has 0 amide bonds. The maximum atomic E-state index is 2.61. The molecule has 1 unspecified atom stereocenters. The molecule has 0 bridgehead atoms. The Labute approximate surface area is 214 Å². The lowest BCUT2D eigenvalue weighted by Crippen LogP contribution is -2.78. The quantitative estimate of drug-likeness (QED) is 0.262. The molecule has 4 aliphatic rings. The zero-order chi connectivity index (χ0) is 24.6. The van der Waals surface area contributed by atoms with Gasteiger partial charge in [-0.3, -0.25) is 0 Å². The predicted molar refractivity (Wildman–Crippen MR) is 143 cm³/mol. The highest BCUT2D eigenvalue weighted by Crippen LogP contribution is 2.57. The van der Waals surface area contributed by atoms with Crippen LogP contribution in [-0.4, -0.2) is 9.25 Å². The maximum Gasteiger partial charge on any atom is 0.390 e. The van der Waals surface area contributed by atoms with Crippen molar-refractivity contribution in [1.82, 2.24) is 9.25 Å². The van der Waals surface area contributed by atoms with Gasteiger partial charge in [0.05, 0.1) is 18.0 Å². The molecule has 3 aliphatic heterocycles. The van der Waals surface area contributed by atoms with Gasteiger partial charge in [-0.15, -0.1) is 4.68 Å². The summed E-state index contributed by atoms with van der Waals surface area (Å²) in [6.45, 7) is 9.61. The molecule has 1 atom stereocenters. The zero-order valence-electron chi connectivity index (χ0n) is 21.4. The fourth-order valence-corrected chi connectivity index (χ4v) is 8.64. The van der Waals surface area contributed by atoms with Crippen molar-refractivity contribution in [2.75, 3.05) is 0 Å². The van der Waals surface area contributed by atoms with E-state index in [1.54, 1.807) is 0 Å². The Hall–Kier alpha value is -4.18. The number of nitrogens with zero attached hydrogens (tertiary/aromatic N) is 4. The van der Waals surface area contributed by atoms with Crippen LogP contribution >= 0.6 is 0 Å². The zero-order valence-corrected chi connectivity index (χ0v) is 21.4. The van der Waals surface area contributed by atoms with E-state index in [4.69, 9.17) is 0 Å². The molecule has 4 heteroatoms. The molecular formula is C33H26N4+2. The van der Waals surface area contributed by atoms with Gasteiger partial charge in [0.2, 0.25) is 6.20 Å². The summed E-state index contributed by atoms with van der Waals surface area (Å²) in [4.78, 5) is 0. The summed E-state index contributed by atoms with van der Waals surface area (Å²) >= 11 is 0. The van der Waals surface area contributed by atoms with Gasteiger partial charge < -0.3 is 0 Å². The first-order valence-electron chi connectivity index (χ1n) is 13.3. The third-order valence-corrected chi connectivity index (χ3v) is 10.2. The van der Waals surface area contributed by atoms with Crippen LogP contribution in [-0.2, 0) is 16.5 Å². The minimum Gasteiger partial charge on any atom is -0.190 e. The molecule has 176 valence electrons. The largest absolute Gasteiger partial charge is 0.390 e. The van der Waals surface area contributed by atoms with Crippen LogP contribution in [0.15, 0.2) is 85.3 Å². The molecule has 0 saturated carbocycles. The van der Waals surface area contributed by atoms with Gasteiger partial charge in [-0.25, -0.2) is 0 Å². The standard InChI is InChI=1S/C33H26N4/c1-31(2)21-10-6-13-25-26(21)33(36-18-8-17-35(25)36)27-22(31)15-14-20-19-9-5-11-23-28(19)37(29(20)27)30-24(32(23,3)4)12-7-16-34(30)33/h5-18H,1-4H3/q+2. The van der Waals surface area contributed by atoms with Crippen LogP contribution in [0.2, 0.25) is 0 Å². The summed E-state index contributed by atoms with van der Waals surface area (Å²) in [7, 11) is 0.